The van der Waals surface area contributed by atoms with Crippen molar-refractivity contribution < 1.29 is 18.7 Å². The second kappa shape index (κ2) is 4.90. The fourth-order valence-electron chi connectivity index (χ4n) is 1.01. The lowest BCUT2D eigenvalue weighted by molar-refractivity contribution is 0.0696. The molecule has 1 aromatic carbocycles. The number of nitrogens with zero attached hydrogens (tertiary/aromatic N) is 1. The summed E-state index contributed by atoms with van der Waals surface area (Å²) in [6, 6.07) is 2.98. The third-order valence-electron chi connectivity index (χ3n) is 1.68. The first-order chi connectivity index (χ1) is 7.56. The molecule has 0 spiro atoms. The van der Waals surface area contributed by atoms with E-state index in [0.717, 1.165) is 0 Å². The van der Waals surface area contributed by atoms with Crippen molar-refractivity contribution in [2.45, 2.75) is 6.42 Å². The number of rotatable bonds is 1. The van der Waals surface area contributed by atoms with Gasteiger partial charge in [-0.05, 0) is 12.1 Å². The average Bonchev–Trinajstić information content (AvgIpc) is 2.23. The van der Waals surface area contributed by atoms with E-state index in [0.29, 0.717) is 12.1 Å². The molecule has 0 saturated carbocycles. The Labute approximate surface area is 89.9 Å². The Kier molecular flexibility index (Phi) is 3.58. The molecule has 0 aliphatic rings. The van der Waals surface area contributed by atoms with Crippen LogP contribution in [0.2, 0.25) is 0 Å². The van der Waals surface area contributed by atoms with Gasteiger partial charge in [-0.15, -0.1) is 0 Å². The van der Waals surface area contributed by atoms with Gasteiger partial charge in [0.25, 0.3) is 0 Å². The van der Waals surface area contributed by atoms with Crippen LogP contribution in [-0.2, 0) is 0 Å². The van der Waals surface area contributed by atoms with E-state index in [1.807, 2.05) is 0 Å². The van der Waals surface area contributed by atoms with E-state index in [-0.39, 0.29) is 12.0 Å². The predicted octanol–water partition coefficient (Wildman–Crippen LogP) is 1.93. The summed E-state index contributed by atoms with van der Waals surface area (Å²) >= 11 is 0. The third kappa shape index (κ3) is 2.55. The number of aromatic carboxylic acids is 1. The lowest BCUT2D eigenvalue weighted by Gasteiger charge is -2.00. The van der Waals surface area contributed by atoms with Crippen LogP contribution in [-0.4, -0.2) is 11.1 Å². The van der Waals surface area contributed by atoms with Gasteiger partial charge in [0.15, 0.2) is 11.6 Å². The number of halogens is 2. The Hall–Kier alpha value is -2.40. The number of carboxylic acids is 1. The molecular weight excluding hydrogens is 216 g/mol. The van der Waals surface area contributed by atoms with Crippen LogP contribution < -0.4 is 0 Å². The molecule has 0 amide bonds. The summed E-state index contributed by atoms with van der Waals surface area (Å²) < 4.78 is 25.6. The first-order valence-corrected chi connectivity index (χ1v) is 4.14. The van der Waals surface area contributed by atoms with E-state index in [1.165, 1.54) is 0 Å². The van der Waals surface area contributed by atoms with Gasteiger partial charge in [-0.25, -0.2) is 13.6 Å². The number of hydrogen-bond donors (Lipinski definition) is 1. The molecule has 0 atom stereocenters. The molecule has 0 radical (unpaired) electrons. The lowest BCUT2D eigenvalue weighted by atomic mass is 10.1. The molecule has 0 saturated heterocycles. The Morgan fingerprint density at radius 2 is 2.00 bits per heavy atom. The molecule has 16 heavy (non-hydrogen) atoms. The summed E-state index contributed by atoms with van der Waals surface area (Å²) in [5, 5.41) is 16.9. The zero-order chi connectivity index (χ0) is 12.1. The van der Waals surface area contributed by atoms with Crippen molar-refractivity contribution in [1.29, 1.82) is 5.26 Å². The minimum atomic E-state index is -1.40. The Morgan fingerprint density at radius 1 is 1.38 bits per heavy atom. The monoisotopic (exact) mass is 221 g/mol. The fourth-order valence-corrected chi connectivity index (χ4v) is 1.01. The molecule has 1 N–H and O–H groups in total. The molecular formula is C11H5F2NO2. The van der Waals surface area contributed by atoms with E-state index in [2.05, 4.69) is 11.8 Å². The van der Waals surface area contributed by atoms with Gasteiger partial charge in [-0.3, -0.25) is 0 Å². The number of carbonyl (C=O) groups is 1. The maximum absolute atomic E-state index is 12.8. The second-order valence-corrected chi connectivity index (χ2v) is 2.75. The molecule has 80 valence electrons. The van der Waals surface area contributed by atoms with Crippen molar-refractivity contribution in [2.24, 2.45) is 0 Å². The predicted molar refractivity (Wildman–Crippen MR) is 50.4 cm³/mol. The summed E-state index contributed by atoms with van der Waals surface area (Å²) in [5.41, 5.74) is -0.578. The van der Waals surface area contributed by atoms with Crippen LogP contribution in [0.5, 0.6) is 0 Å². The van der Waals surface area contributed by atoms with Gasteiger partial charge >= 0.3 is 5.97 Å². The van der Waals surface area contributed by atoms with Crippen LogP contribution in [0.15, 0.2) is 12.1 Å². The van der Waals surface area contributed by atoms with Crippen LogP contribution in [0, 0.1) is 34.8 Å². The number of carboxylic acid groups (broad SMARTS) is 1. The van der Waals surface area contributed by atoms with Crippen LogP contribution >= 0.6 is 0 Å². The van der Waals surface area contributed by atoms with E-state index in [4.69, 9.17) is 10.4 Å². The molecule has 5 heteroatoms. The molecule has 1 aromatic rings. The minimum Gasteiger partial charge on any atom is -0.478 e. The molecule has 3 nitrogen and oxygen atoms in total. The maximum atomic E-state index is 12.8. The van der Waals surface area contributed by atoms with E-state index in [9.17, 15) is 13.6 Å². The molecule has 0 aliphatic carbocycles. The summed E-state index contributed by atoms with van der Waals surface area (Å²) in [6.45, 7) is 0. The fraction of sp³-hybridized carbons (Fsp3) is 0.0909. The van der Waals surface area contributed by atoms with Gasteiger partial charge in [0.1, 0.15) is 0 Å². The SMILES string of the molecule is N#CCC#Cc1cc(F)c(F)cc1C(=O)O. The van der Waals surface area contributed by atoms with Gasteiger partial charge in [-0.1, -0.05) is 11.8 Å². The second-order valence-electron chi connectivity index (χ2n) is 2.75. The third-order valence-corrected chi connectivity index (χ3v) is 1.68. The average molecular weight is 221 g/mol. The Morgan fingerprint density at radius 3 is 2.56 bits per heavy atom. The highest BCUT2D eigenvalue weighted by Crippen LogP contribution is 2.14. The zero-order valence-corrected chi connectivity index (χ0v) is 7.92. The highest BCUT2D eigenvalue weighted by molar-refractivity contribution is 5.90. The minimum absolute atomic E-state index is 0.113. The van der Waals surface area contributed by atoms with E-state index < -0.39 is 23.2 Å². The largest absolute Gasteiger partial charge is 0.478 e. The molecule has 1 rings (SSSR count). The Bertz CT molecular complexity index is 535. The quantitative estimate of drug-likeness (QED) is 0.737. The molecule has 0 heterocycles. The maximum Gasteiger partial charge on any atom is 0.337 e. The van der Waals surface area contributed by atoms with Crippen LogP contribution in [0.3, 0.4) is 0 Å². The highest BCUT2D eigenvalue weighted by atomic mass is 19.2. The first kappa shape index (κ1) is 11.7. The van der Waals surface area contributed by atoms with Crippen molar-refractivity contribution in [3.05, 3.63) is 34.9 Å². The van der Waals surface area contributed by atoms with Crippen molar-refractivity contribution in [3.63, 3.8) is 0 Å². The molecule has 0 bridgehead atoms. The zero-order valence-electron chi connectivity index (χ0n) is 7.92. The Balaban J connectivity index is 3.28. The summed E-state index contributed by atoms with van der Waals surface area (Å²) in [4.78, 5) is 10.7. The van der Waals surface area contributed by atoms with Crippen LogP contribution in [0.4, 0.5) is 8.78 Å². The summed E-state index contributed by atoms with van der Waals surface area (Å²) in [6.07, 6.45) is -0.113. The smallest absolute Gasteiger partial charge is 0.337 e. The molecule has 0 aliphatic heterocycles. The first-order valence-electron chi connectivity index (χ1n) is 4.14. The van der Waals surface area contributed by atoms with E-state index >= 15 is 0 Å². The number of hydrogen-bond acceptors (Lipinski definition) is 2. The van der Waals surface area contributed by atoms with Crippen molar-refractivity contribution in [2.75, 3.05) is 0 Å². The summed E-state index contributed by atoms with van der Waals surface area (Å²) in [7, 11) is 0. The molecule has 0 fully saturated rings. The van der Waals surface area contributed by atoms with Crippen LogP contribution in [0.25, 0.3) is 0 Å². The van der Waals surface area contributed by atoms with Crippen molar-refractivity contribution in [3.8, 4) is 17.9 Å². The van der Waals surface area contributed by atoms with Gasteiger partial charge < -0.3 is 5.11 Å². The molecule has 0 unspecified atom stereocenters. The lowest BCUT2D eigenvalue weighted by Crippen LogP contribution is -2.02. The van der Waals surface area contributed by atoms with Crippen molar-refractivity contribution in [1.82, 2.24) is 0 Å². The van der Waals surface area contributed by atoms with E-state index in [1.54, 1.807) is 6.07 Å². The van der Waals surface area contributed by atoms with Gasteiger partial charge in [0.2, 0.25) is 0 Å². The summed E-state index contributed by atoms with van der Waals surface area (Å²) in [5.74, 6) is 0.809. The number of nitriles is 1. The molecule has 0 aromatic heterocycles. The normalized spacial score (nSPS) is 8.81. The van der Waals surface area contributed by atoms with Gasteiger partial charge in [0.05, 0.1) is 18.1 Å². The number of benzene rings is 1. The van der Waals surface area contributed by atoms with Gasteiger partial charge in [-0.2, -0.15) is 5.26 Å². The van der Waals surface area contributed by atoms with Crippen LogP contribution in [0.1, 0.15) is 22.3 Å². The highest BCUT2D eigenvalue weighted by Gasteiger charge is 2.13. The van der Waals surface area contributed by atoms with Crippen molar-refractivity contribution >= 4 is 5.97 Å². The topological polar surface area (TPSA) is 61.1 Å². The van der Waals surface area contributed by atoms with Gasteiger partial charge in [0, 0.05) is 5.56 Å². The standard InChI is InChI=1S/C11H5F2NO2/c12-9-5-7(3-1-2-4-14)8(11(15)16)6-10(9)13/h5-6H,2H2,(H,15,16).